The van der Waals surface area contributed by atoms with E-state index in [0.29, 0.717) is 29.4 Å². The van der Waals surface area contributed by atoms with Crippen LogP contribution < -0.4 is 0 Å². The molecule has 1 saturated carbocycles. The van der Waals surface area contributed by atoms with Gasteiger partial charge in [0.2, 0.25) is 5.70 Å². The Kier molecular flexibility index (Phi) is 5.75. The van der Waals surface area contributed by atoms with Gasteiger partial charge in [0.1, 0.15) is 5.82 Å². The van der Waals surface area contributed by atoms with Crippen molar-refractivity contribution >= 4 is 5.78 Å². The van der Waals surface area contributed by atoms with Crippen LogP contribution in [0.5, 0.6) is 0 Å². The molecule has 2 aromatic heterocycles. The predicted octanol–water partition coefficient (Wildman–Crippen LogP) is 6.84. The van der Waals surface area contributed by atoms with Gasteiger partial charge in [0.05, 0.1) is 18.0 Å². The molecule has 0 saturated heterocycles. The van der Waals surface area contributed by atoms with E-state index in [0.717, 1.165) is 54.6 Å². The Hall–Kier alpha value is -3.72. The van der Waals surface area contributed by atoms with E-state index >= 15 is 4.39 Å². The molecule has 186 valence electrons. The first-order valence-electron chi connectivity index (χ1n) is 13.2. The minimum Gasteiger partial charge on any atom is -0.308 e. The zero-order chi connectivity index (χ0) is 25.7. The highest BCUT2D eigenvalue weighted by molar-refractivity contribution is 6.00. The first kappa shape index (κ1) is 23.7. The molecule has 3 aliphatic carbocycles. The normalized spacial score (nSPS) is 24.6. The summed E-state index contributed by atoms with van der Waals surface area (Å²) in [7, 11) is 0. The molecule has 1 fully saturated rings. The van der Waals surface area contributed by atoms with Gasteiger partial charge in [-0.2, -0.15) is 0 Å². The summed E-state index contributed by atoms with van der Waals surface area (Å²) in [4.78, 5) is 31.4. The molecule has 0 unspecified atom stereocenters. The van der Waals surface area contributed by atoms with E-state index in [-0.39, 0.29) is 29.1 Å². The van der Waals surface area contributed by atoms with Crippen molar-refractivity contribution in [3.8, 4) is 22.6 Å². The van der Waals surface area contributed by atoms with Crippen molar-refractivity contribution in [1.82, 2.24) is 15.0 Å². The van der Waals surface area contributed by atoms with Crippen molar-refractivity contribution in [2.45, 2.75) is 63.7 Å². The zero-order valence-electron chi connectivity index (χ0n) is 21.2. The maximum Gasteiger partial charge on any atom is 0.226 e. The first-order chi connectivity index (χ1) is 18.0. The van der Waals surface area contributed by atoms with E-state index in [1.807, 2.05) is 25.1 Å². The average Bonchev–Trinajstić information content (AvgIpc) is 3.77. The molecule has 1 aromatic carbocycles. The van der Waals surface area contributed by atoms with Crippen molar-refractivity contribution in [2.24, 2.45) is 11.8 Å². The highest BCUT2D eigenvalue weighted by Gasteiger charge is 2.51. The fourth-order valence-electron chi connectivity index (χ4n) is 6.51. The van der Waals surface area contributed by atoms with E-state index < -0.39 is 5.41 Å². The summed E-state index contributed by atoms with van der Waals surface area (Å²) in [6.07, 6.45) is 9.03. The number of nitrogens with zero attached hydrogens (tertiary/aromatic N) is 4. The van der Waals surface area contributed by atoms with Gasteiger partial charge in [-0.05, 0) is 62.3 Å². The van der Waals surface area contributed by atoms with Crippen LogP contribution in [-0.4, -0.2) is 20.7 Å². The standard InChI is InChI=1S/C31H29FN4O/c1-4-14-31-17-26(33-3)28(37)18(2)23(31)12-11-22-27(21-7-5-6-8-24(21)32)35-30(36-29(22)31)20-13-15-34-25(16-20)19-9-10-19/h5-8,13,15-19,23H,4,9-12,14H2,1-2H3/t18-,23-,31-/m1/s1. The monoisotopic (exact) mass is 492 g/mol. The topological polar surface area (TPSA) is 60.1 Å². The molecule has 5 nitrogen and oxygen atoms in total. The van der Waals surface area contributed by atoms with Crippen LogP contribution in [0.1, 0.15) is 68.8 Å². The van der Waals surface area contributed by atoms with Gasteiger partial charge >= 0.3 is 0 Å². The molecule has 6 heteroatoms. The Morgan fingerprint density at radius 1 is 1.16 bits per heavy atom. The summed E-state index contributed by atoms with van der Waals surface area (Å²) in [5.41, 5.74) is 4.37. The van der Waals surface area contributed by atoms with Gasteiger partial charge in [0.25, 0.3) is 0 Å². The van der Waals surface area contributed by atoms with Crippen LogP contribution in [0, 0.1) is 24.2 Å². The maximum absolute atomic E-state index is 15.2. The van der Waals surface area contributed by atoms with E-state index in [2.05, 4.69) is 22.8 Å². The molecular weight excluding hydrogens is 463 g/mol. The lowest BCUT2D eigenvalue weighted by atomic mass is 9.55. The van der Waals surface area contributed by atoms with E-state index in [1.165, 1.54) is 6.07 Å². The minimum atomic E-state index is -0.570. The highest BCUT2D eigenvalue weighted by atomic mass is 19.1. The number of allylic oxidation sites excluding steroid dienone is 2. The lowest BCUT2D eigenvalue weighted by molar-refractivity contribution is -0.122. The average molecular weight is 493 g/mol. The molecule has 3 aliphatic rings. The van der Waals surface area contributed by atoms with Gasteiger partial charge in [-0.25, -0.2) is 19.2 Å². The quantitative estimate of drug-likeness (QED) is 0.366. The molecule has 0 N–H and O–H groups in total. The Morgan fingerprint density at radius 2 is 1.97 bits per heavy atom. The van der Waals surface area contributed by atoms with Crippen molar-refractivity contribution < 1.29 is 9.18 Å². The number of aromatic nitrogens is 3. The largest absolute Gasteiger partial charge is 0.308 e. The number of pyridine rings is 1. The third-order valence-corrected chi connectivity index (χ3v) is 8.43. The lowest BCUT2D eigenvalue weighted by Gasteiger charge is -2.48. The van der Waals surface area contributed by atoms with Gasteiger partial charge in [-0.1, -0.05) is 38.5 Å². The number of hydrogen-bond acceptors (Lipinski definition) is 4. The number of halogens is 1. The summed E-state index contributed by atoms with van der Waals surface area (Å²) in [6, 6.07) is 10.7. The third-order valence-electron chi connectivity index (χ3n) is 8.43. The third kappa shape index (κ3) is 3.80. The molecule has 0 radical (unpaired) electrons. The number of carbonyl (C=O) groups is 1. The smallest absolute Gasteiger partial charge is 0.226 e. The van der Waals surface area contributed by atoms with Crippen LogP contribution in [0.25, 0.3) is 27.5 Å². The molecule has 3 atom stereocenters. The maximum atomic E-state index is 15.2. The number of rotatable bonds is 5. The molecule has 0 aliphatic heterocycles. The summed E-state index contributed by atoms with van der Waals surface area (Å²) in [5.74, 6) is 0.384. The Labute approximate surface area is 216 Å². The second-order valence-corrected chi connectivity index (χ2v) is 10.7. The second-order valence-electron chi connectivity index (χ2n) is 10.7. The summed E-state index contributed by atoms with van der Waals surface area (Å²) < 4.78 is 15.2. The summed E-state index contributed by atoms with van der Waals surface area (Å²) in [5, 5.41) is 0. The van der Waals surface area contributed by atoms with E-state index in [1.54, 1.807) is 18.3 Å². The number of hydrogen-bond donors (Lipinski definition) is 0. The molecular formula is C31H29FN4O. The highest BCUT2D eigenvalue weighted by Crippen LogP contribution is 2.53. The minimum absolute atomic E-state index is 0.0358. The molecule has 6 rings (SSSR count). The predicted molar refractivity (Wildman–Crippen MR) is 140 cm³/mol. The molecule has 0 spiro atoms. The number of ketones is 1. The molecule has 0 amide bonds. The Bertz CT molecular complexity index is 1480. The number of fused-ring (bicyclic) bond motifs is 3. The fraction of sp³-hybridized carbons (Fsp3) is 0.387. The van der Waals surface area contributed by atoms with Crippen LogP contribution in [0.3, 0.4) is 0 Å². The molecule has 2 heterocycles. The van der Waals surface area contributed by atoms with Gasteiger partial charge in [-0.3, -0.25) is 4.98 Å². The van der Waals surface area contributed by atoms with Gasteiger partial charge in [0, 0.05) is 45.8 Å². The van der Waals surface area contributed by atoms with E-state index in [9.17, 15) is 4.79 Å². The van der Waals surface area contributed by atoms with Crippen molar-refractivity contribution in [1.29, 1.82) is 0 Å². The van der Waals surface area contributed by atoms with Crippen LogP contribution in [-0.2, 0) is 16.6 Å². The van der Waals surface area contributed by atoms with Crippen molar-refractivity contribution in [3.05, 3.63) is 88.6 Å². The van der Waals surface area contributed by atoms with Gasteiger partial charge < -0.3 is 4.79 Å². The summed E-state index contributed by atoms with van der Waals surface area (Å²) >= 11 is 0. The Morgan fingerprint density at radius 3 is 2.70 bits per heavy atom. The van der Waals surface area contributed by atoms with Gasteiger partial charge in [-0.15, -0.1) is 0 Å². The number of carbonyl (C=O) groups excluding carboxylic acids is 1. The Balaban J connectivity index is 1.66. The zero-order valence-corrected chi connectivity index (χ0v) is 21.2. The molecule has 0 bridgehead atoms. The van der Waals surface area contributed by atoms with Gasteiger partial charge in [0.15, 0.2) is 11.6 Å². The van der Waals surface area contributed by atoms with Crippen molar-refractivity contribution in [3.63, 3.8) is 0 Å². The van der Waals surface area contributed by atoms with Crippen LogP contribution >= 0.6 is 0 Å². The number of benzene rings is 1. The first-order valence-corrected chi connectivity index (χ1v) is 13.2. The van der Waals surface area contributed by atoms with Crippen LogP contribution in [0.2, 0.25) is 0 Å². The lowest BCUT2D eigenvalue weighted by Crippen LogP contribution is -2.48. The summed E-state index contributed by atoms with van der Waals surface area (Å²) in [6.45, 7) is 11.8. The van der Waals surface area contributed by atoms with Crippen LogP contribution in [0.4, 0.5) is 4.39 Å². The van der Waals surface area contributed by atoms with E-state index in [4.69, 9.17) is 16.5 Å². The molecule has 37 heavy (non-hydrogen) atoms. The number of Topliss-reactive ketones (excluding diaryl/α,β-unsaturated/α-hetero) is 1. The SMILES string of the molecule is [C-]#[N+]C1=C[C@@]2(CCC)c3nc(-c4ccnc(C5CC5)c4)nc(-c4ccccc4F)c3CC[C@@H]2[C@@H](C)C1=O. The van der Waals surface area contributed by atoms with Crippen molar-refractivity contribution in [2.75, 3.05) is 0 Å². The van der Waals surface area contributed by atoms with Crippen LogP contribution in [0.15, 0.2) is 54.4 Å². The molecule has 3 aromatic rings. The fourth-order valence-corrected chi connectivity index (χ4v) is 6.51. The second kappa shape index (κ2) is 8.99.